The topological polar surface area (TPSA) is 54.4 Å². The normalized spacial score (nSPS) is 7.87. The highest BCUT2D eigenvalue weighted by Crippen LogP contribution is 2.17. The standard InChI is InChI=1S/C9H12O3S.5C2H6/c1-3-8-5-4-7(2)6-9(8)13(10,11)12;5*1-2/h4-6H,3H2,1-2H3,(H,10,11,12);5*1-2H3. The summed E-state index contributed by atoms with van der Waals surface area (Å²) in [5, 5.41) is 0. The van der Waals surface area contributed by atoms with Crippen LogP contribution >= 0.6 is 0 Å². The molecule has 0 spiro atoms. The predicted octanol–water partition coefficient (Wildman–Crippen LogP) is 6.94. The van der Waals surface area contributed by atoms with Crippen molar-refractivity contribution in [2.45, 2.75) is 94.4 Å². The van der Waals surface area contributed by atoms with Crippen LogP contribution in [0.4, 0.5) is 0 Å². The average molecular weight is 351 g/mol. The fraction of sp³-hybridized carbons (Fsp3) is 0.684. The molecule has 0 fully saturated rings. The van der Waals surface area contributed by atoms with Crippen LogP contribution in [-0.2, 0) is 16.5 Å². The Kier molecular flexibility index (Phi) is 38.1. The van der Waals surface area contributed by atoms with Gasteiger partial charge >= 0.3 is 0 Å². The molecular weight excluding hydrogens is 308 g/mol. The molecule has 0 aromatic heterocycles. The molecular formula is C19H42O3S. The minimum atomic E-state index is -4.07. The lowest BCUT2D eigenvalue weighted by Gasteiger charge is -2.05. The second-order valence-corrected chi connectivity index (χ2v) is 4.33. The Morgan fingerprint density at radius 1 is 0.826 bits per heavy atom. The Morgan fingerprint density at radius 3 is 1.43 bits per heavy atom. The zero-order valence-corrected chi connectivity index (χ0v) is 18.4. The van der Waals surface area contributed by atoms with Gasteiger partial charge in [-0.15, -0.1) is 0 Å². The maximum Gasteiger partial charge on any atom is 0.294 e. The fourth-order valence-corrected chi connectivity index (χ4v) is 2.07. The summed E-state index contributed by atoms with van der Waals surface area (Å²) in [6.45, 7) is 23.6. The van der Waals surface area contributed by atoms with Crippen LogP contribution in [0.2, 0.25) is 0 Å². The summed E-state index contributed by atoms with van der Waals surface area (Å²) in [5.74, 6) is 0. The van der Waals surface area contributed by atoms with Crippen molar-refractivity contribution in [3.05, 3.63) is 29.3 Å². The summed E-state index contributed by atoms with van der Waals surface area (Å²) < 4.78 is 30.7. The van der Waals surface area contributed by atoms with E-state index in [1.54, 1.807) is 13.0 Å². The van der Waals surface area contributed by atoms with Crippen LogP contribution in [0.25, 0.3) is 0 Å². The number of hydrogen-bond acceptors (Lipinski definition) is 2. The molecule has 1 aromatic carbocycles. The van der Waals surface area contributed by atoms with E-state index in [1.165, 1.54) is 6.07 Å². The summed E-state index contributed by atoms with van der Waals surface area (Å²) in [5.41, 5.74) is 1.47. The van der Waals surface area contributed by atoms with Crippen molar-refractivity contribution in [2.75, 3.05) is 0 Å². The van der Waals surface area contributed by atoms with E-state index in [2.05, 4.69) is 0 Å². The van der Waals surface area contributed by atoms with Gasteiger partial charge in [0.25, 0.3) is 10.1 Å². The molecule has 0 unspecified atom stereocenters. The van der Waals surface area contributed by atoms with Gasteiger partial charge in [0.15, 0.2) is 0 Å². The first-order chi connectivity index (χ1) is 10.9. The van der Waals surface area contributed by atoms with Crippen molar-refractivity contribution >= 4 is 10.1 Å². The molecule has 1 rings (SSSR count). The van der Waals surface area contributed by atoms with Gasteiger partial charge in [0.2, 0.25) is 0 Å². The second-order valence-electron chi connectivity index (χ2n) is 2.94. The molecule has 1 aromatic rings. The molecule has 3 nitrogen and oxygen atoms in total. The SMILES string of the molecule is CC.CC.CC.CC.CC.CCc1ccc(C)cc1S(=O)(=O)O. The van der Waals surface area contributed by atoms with E-state index >= 15 is 0 Å². The van der Waals surface area contributed by atoms with Crippen molar-refractivity contribution in [1.29, 1.82) is 0 Å². The molecule has 23 heavy (non-hydrogen) atoms. The summed E-state index contributed by atoms with van der Waals surface area (Å²) in [6, 6.07) is 5.03. The first kappa shape index (κ1) is 33.7. The Labute approximate surface area is 147 Å². The first-order valence-corrected chi connectivity index (χ1v) is 10.5. The third kappa shape index (κ3) is 19.1. The van der Waals surface area contributed by atoms with Crippen LogP contribution in [0.5, 0.6) is 0 Å². The largest absolute Gasteiger partial charge is 0.294 e. The molecule has 1 N–H and O–H groups in total. The molecule has 0 aliphatic heterocycles. The lowest BCUT2D eigenvalue weighted by atomic mass is 10.1. The Balaban J connectivity index is -0.0000000923. The highest BCUT2D eigenvalue weighted by atomic mass is 32.2. The zero-order valence-electron chi connectivity index (χ0n) is 17.6. The first-order valence-electron chi connectivity index (χ1n) is 9.02. The van der Waals surface area contributed by atoms with Crippen molar-refractivity contribution in [2.24, 2.45) is 0 Å². The third-order valence-corrected chi connectivity index (χ3v) is 2.82. The molecule has 0 aliphatic carbocycles. The smallest absolute Gasteiger partial charge is 0.282 e. The summed E-state index contributed by atoms with van der Waals surface area (Å²) in [7, 11) is -4.07. The van der Waals surface area contributed by atoms with Gasteiger partial charge < -0.3 is 0 Å². The maximum atomic E-state index is 10.9. The van der Waals surface area contributed by atoms with E-state index < -0.39 is 10.1 Å². The molecule has 0 saturated heterocycles. The lowest BCUT2D eigenvalue weighted by Crippen LogP contribution is -2.02. The maximum absolute atomic E-state index is 10.9. The highest BCUT2D eigenvalue weighted by Gasteiger charge is 2.13. The predicted molar refractivity (Wildman–Crippen MR) is 107 cm³/mol. The molecule has 0 atom stereocenters. The van der Waals surface area contributed by atoms with E-state index in [0.29, 0.717) is 12.0 Å². The van der Waals surface area contributed by atoms with Crippen LogP contribution in [-0.4, -0.2) is 13.0 Å². The second kappa shape index (κ2) is 26.0. The van der Waals surface area contributed by atoms with Gasteiger partial charge in [0.1, 0.15) is 0 Å². The monoisotopic (exact) mass is 350 g/mol. The number of benzene rings is 1. The van der Waals surface area contributed by atoms with E-state index in [9.17, 15) is 8.42 Å². The van der Waals surface area contributed by atoms with E-state index in [1.807, 2.05) is 82.2 Å². The van der Waals surface area contributed by atoms with Gasteiger partial charge in [0.05, 0.1) is 4.90 Å². The molecule has 0 aliphatic rings. The molecule has 0 radical (unpaired) electrons. The minimum Gasteiger partial charge on any atom is -0.282 e. The molecule has 4 heteroatoms. The van der Waals surface area contributed by atoms with Crippen LogP contribution in [0.3, 0.4) is 0 Å². The van der Waals surface area contributed by atoms with Crippen LogP contribution in [0, 0.1) is 6.92 Å². The number of hydrogen-bond donors (Lipinski definition) is 1. The average Bonchev–Trinajstić information content (AvgIpc) is 2.63. The Bertz CT molecular complexity index is 411. The molecule has 0 bridgehead atoms. The lowest BCUT2D eigenvalue weighted by molar-refractivity contribution is 0.482. The van der Waals surface area contributed by atoms with Crippen molar-refractivity contribution in [3.8, 4) is 0 Å². The third-order valence-electron chi connectivity index (χ3n) is 1.88. The van der Waals surface area contributed by atoms with E-state index in [0.717, 1.165) is 5.56 Å². The van der Waals surface area contributed by atoms with Crippen molar-refractivity contribution in [1.82, 2.24) is 0 Å². The van der Waals surface area contributed by atoms with E-state index in [4.69, 9.17) is 4.55 Å². The van der Waals surface area contributed by atoms with Crippen molar-refractivity contribution < 1.29 is 13.0 Å². The number of rotatable bonds is 2. The van der Waals surface area contributed by atoms with Crippen LogP contribution in [0.1, 0.15) is 87.3 Å². The van der Waals surface area contributed by atoms with Gasteiger partial charge in [-0.1, -0.05) is 88.3 Å². The molecule has 142 valence electrons. The zero-order chi connectivity index (χ0) is 20.1. The van der Waals surface area contributed by atoms with Crippen LogP contribution < -0.4 is 0 Å². The quantitative estimate of drug-likeness (QED) is 0.588. The van der Waals surface area contributed by atoms with Gasteiger partial charge in [-0.05, 0) is 30.5 Å². The molecule has 0 heterocycles. The van der Waals surface area contributed by atoms with Gasteiger partial charge in [0, 0.05) is 0 Å². The van der Waals surface area contributed by atoms with Gasteiger partial charge in [-0.3, -0.25) is 4.55 Å². The summed E-state index contributed by atoms with van der Waals surface area (Å²) >= 11 is 0. The highest BCUT2D eigenvalue weighted by molar-refractivity contribution is 7.85. The fourth-order valence-electron chi connectivity index (χ4n) is 1.19. The Hall–Kier alpha value is -0.870. The summed E-state index contributed by atoms with van der Waals surface area (Å²) in [6.07, 6.45) is 0.593. The molecule has 0 amide bonds. The van der Waals surface area contributed by atoms with Gasteiger partial charge in [-0.2, -0.15) is 8.42 Å². The minimum absolute atomic E-state index is 0.0231. The van der Waals surface area contributed by atoms with Crippen molar-refractivity contribution in [3.63, 3.8) is 0 Å². The Morgan fingerprint density at radius 2 is 1.17 bits per heavy atom. The summed E-state index contributed by atoms with van der Waals surface area (Å²) in [4.78, 5) is 0.0231. The van der Waals surface area contributed by atoms with Gasteiger partial charge in [-0.25, -0.2) is 0 Å². The number of aryl methyl sites for hydroxylation is 2. The van der Waals surface area contributed by atoms with Crippen LogP contribution in [0.15, 0.2) is 23.1 Å². The van der Waals surface area contributed by atoms with E-state index in [-0.39, 0.29) is 4.90 Å². The molecule has 0 saturated carbocycles.